The number of carbonyl (C=O) groups excluding carboxylic acids is 2. The maximum atomic E-state index is 12.4. The normalized spacial score (nSPS) is 30.4. The second-order valence-corrected chi connectivity index (χ2v) is 6.43. The number of likely N-dealkylation sites (N-methyl/N-ethyl adjacent to an activating group) is 1. The van der Waals surface area contributed by atoms with Crippen LogP contribution in [0.2, 0.25) is 0 Å². The molecule has 1 heterocycles. The van der Waals surface area contributed by atoms with Crippen LogP contribution in [-0.2, 0) is 9.59 Å². The van der Waals surface area contributed by atoms with E-state index in [0.29, 0.717) is 5.92 Å². The zero-order chi connectivity index (χ0) is 14.7. The molecule has 3 atom stereocenters. The van der Waals surface area contributed by atoms with E-state index >= 15 is 0 Å². The van der Waals surface area contributed by atoms with E-state index < -0.39 is 0 Å². The fourth-order valence-electron chi connectivity index (χ4n) is 3.24. The highest BCUT2D eigenvalue weighted by Gasteiger charge is 2.32. The van der Waals surface area contributed by atoms with Crippen molar-refractivity contribution in [3.05, 3.63) is 0 Å². The van der Waals surface area contributed by atoms with Crippen molar-refractivity contribution in [3.8, 4) is 0 Å². The molecule has 5 nitrogen and oxygen atoms in total. The van der Waals surface area contributed by atoms with Crippen LogP contribution in [0.4, 0.5) is 0 Å². The summed E-state index contributed by atoms with van der Waals surface area (Å²) in [5, 5.41) is 0. The summed E-state index contributed by atoms with van der Waals surface area (Å²) in [6.45, 7) is 4.03. The summed E-state index contributed by atoms with van der Waals surface area (Å²) in [4.78, 5) is 27.9. The van der Waals surface area contributed by atoms with Crippen molar-refractivity contribution in [2.75, 3.05) is 26.7 Å². The van der Waals surface area contributed by atoms with E-state index in [-0.39, 0.29) is 30.3 Å². The van der Waals surface area contributed by atoms with Crippen molar-refractivity contribution >= 4 is 11.8 Å². The van der Waals surface area contributed by atoms with E-state index in [0.717, 1.165) is 45.2 Å². The van der Waals surface area contributed by atoms with Gasteiger partial charge >= 0.3 is 0 Å². The monoisotopic (exact) mass is 281 g/mol. The highest BCUT2D eigenvalue weighted by atomic mass is 16.2. The lowest BCUT2D eigenvalue weighted by molar-refractivity contribution is -0.142. The second-order valence-electron chi connectivity index (χ2n) is 6.43. The van der Waals surface area contributed by atoms with Crippen LogP contribution in [0.1, 0.15) is 39.0 Å². The van der Waals surface area contributed by atoms with E-state index in [1.807, 2.05) is 4.90 Å². The van der Waals surface area contributed by atoms with Crippen LogP contribution in [-0.4, -0.2) is 54.3 Å². The van der Waals surface area contributed by atoms with E-state index in [9.17, 15) is 9.59 Å². The molecule has 1 aliphatic heterocycles. The summed E-state index contributed by atoms with van der Waals surface area (Å²) >= 11 is 0. The van der Waals surface area contributed by atoms with Gasteiger partial charge in [-0.25, -0.2) is 0 Å². The highest BCUT2D eigenvalue weighted by molar-refractivity contribution is 5.86. The van der Waals surface area contributed by atoms with Crippen molar-refractivity contribution in [2.45, 2.75) is 45.1 Å². The number of amides is 2. The Kier molecular flexibility index (Phi) is 5.02. The van der Waals surface area contributed by atoms with Crippen LogP contribution in [0.15, 0.2) is 0 Å². The first-order valence-corrected chi connectivity index (χ1v) is 7.77. The molecule has 5 heteroatoms. The largest absolute Gasteiger partial charge is 0.341 e. The minimum Gasteiger partial charge on any atom is -0.341 e. The van der Waals surface area contributed by atoms with Gasteiger partial charge in [0.05, 0.1) is 6.54 Å². The highest BCUT2D eigenvalue weighted by Crippen LogP contribution is 2.28. The van der Waals surface area contributed by atoms with E-state index in [2.05, 4.69) is 6.92 Å². The van der Waals surface area contributed by atoms with Crippen molar-refractivity contribution in [2.24, 2.45) is 17.6 Å². The van der Waals surface area contributed by atoms with Gasteiger partial charge in [0.1, 0.15) is 0 Å². The summed E-state index contributed by atoms with van der Waals surface area (Å²) in [5.74, 6) is 0.653. The number of likely N-dealkylation sites (tertiary alicyclic amines) is 1. The predicted octanol–water partition coefficient (Wildman–Crippen LogP) is 0.831. The van der Waals surface area contributed by atoms with Gasteiger partial charge in [0.15, 0.2) is 0 Å². The Morgan fingerprint density at radius 3 is 2.50 bits per heavy atom. The van der Waals surface area contributed by atoms with Crippen molar-refractivity contribution < 1.29 is 9.59 Å². The molecule has 3 unspecified atom stereocenters. The molecule has 0 aromatic carbocycles. The third-order valence-corrected chi connectivity index (χ3v) is 4.81. The fourth-order valence-corrected chi connectivity index (χ4v) is 3.24. The van der Waals surface area contributed by atoms with Crippen LogP contribution >= 0.6 is 0 Å². The molecule has 20 heavy (non-hydrogen) atoms. The molecule has 0 spiro atoms. The van der Waals surface area contributed by atoms with Crippen LogP contribution in [0.3, 0.4) is 0 Å². The molecule has 2 aliphatic rings. The first-order valence-electron chi connectivity index (χ1n) is 7.77. The van der Waals surface area contributed by atoms with Gasteiger partial charge in [-0.05, 0) is 38.0 Å². The number of hydrogen-bond acceptors (Lipinski definition) is 3. The first-order chi connectivity index (χ1) is 9.49. The van der Waals surface area contributed by atoms with Crippen LogP contribution in [0.5, 0.6) is 0 Å². The van der Waals surface area contributed by atoms with Crippen molar-refractivity contribution in [1.29, 1.82) is 0 Å². The molecule has 2 rings (SSSR count). The second kappa shape index (κ2) is 6.57. The van der Waals surface area contributed by atoms with E-state index in [1.165, 1.54) is 0 Å². The minimum absolute atomic E-state index is 0.00224. The fraction of sp³-hybridized carbons (Fsp3) is 0.867. The zero-order valence-electron chi connectivity index (χ0n) is 12.7. The van der Waals surface area contributed by atoms with Gasteiger partial charge in [0.2, 0.25) is 11.8 Å². The van der Waals surface area contributed by atoms with Gasteiger partial charge in [-0.3, -0.25) is 9.59 Å². The van der Waals surface area contributed by atoms with Gasteiger partial charge in [-0.2, -0.15) is 0 Å². The number of nitrogens with two attached hydrogens (primary N) is 1. The molecule has 0 aromatic rings. The molecule has 0 aromatic heterocycles. The molecular formula is C15H27N3O2. The van der Waals surface area contributed by atoms with Crippen LogP contribution < -0.4 is 5.73 Å². The van der Waals surface area contributed by atoms with Crippen molar-refractivity contribution in [3.63, 3.8) is 0 Å². The maximum absolute atomic E-state index is 12.4. The topological polar surface area (TPSA) is 66.6 Å². The Bertz CT molecular complexity index is 366. The van der Waals surface area contributed by atoms with Gasteiger partial charge in [0.25, 0.3) is 0 Å². The molecule has 1 saturated heterocycles. The Hall–Kier alpha value is -1.10. The third kappa shape index (κ3) is 3.51. The average molecular weight is 281 g/mol. The number of carbonyl (C=O) groups is 2. The minimum atomic E-state index is -0.00224. The Balaban J connectivity index is 1.83. The summed E-state index contributed by atoms with van der Waals surface area (Å²) in [6, 6.07) is 0.111. The Labute approximate surface area is 121 Å². The lowest BCUT2D eigenvalue weighted by Crippen LogP contribution is -2.45. The summed E-state index contributed by atoms with van der Waals surface area (Å²) in [6.07, 6.45) is 4.82. The van der Waals surface area contributed by atoms with E-state index in [4.69, 9.17) is 5.73 Å². The summed E-state index contributed by atoms with van der Waals surface area (Å²) in [5.41, 5.74) is 6.06. The molecule has 2 N–H and O–H groups in total. The van der Waals surface area contributed by atoms with Crippen LogP contribution in [0.25, 0.3) is 0 Å². The van der Waals surface area contributed by atoms with E-state index in [1.54, 1.807) is 11.9 Å². The lowest BCUT2D eigenvalue weighted by Gasteiger charge is -2.33. The van der Waals surface area contributed by atoms with Gasteiger partial charge in [-0.1, -0.05) is 6.92 Å². The quantitative estimate of drug-likeness (QED) is 0.833. The van der Waals surface area contributed by atoms with Crippen molar-refractivity contribution in [1.82, 2.24) is 9.80 Å². The Morgan fingerprint density at radius 2 is 1.90 bits per heavy atom. The maximum Gasteiger partial charge on any atom is 0.242 e. The number of nitrogens with zero attached hydrogens (tertiary/aromatic N) is 2. The molecular weight excluding hydrogens is 254 g/mol. The average Bonchev–Trinajstić information content (AvgIpc) is 2.95. The molecule has 0 radical (unpaired) electrons. The molecule has 2 amide bonds. The summed E-state index contributed by atoms with van der Waals surface area (Å²) in [7, 11) is 1.74. The smallest absolute Gasteiger partial charge is 0.242 e. The van der Waals surface area contributed by atoms with Crippen LogP contribution in [0, 0.1) is 11.8 Å². The molecule has 1 aliphatic carbocycles. The predicted molar refractivity (Wildman–Crippen MR) is 77.9 cm³/mol. The first kappa shape index (κ1) is 15.3. The lowest BCUT2D eigenvalue weighted by atomic mass is 9.79. The zero-order valence-corrected chi connectivity index (χ0v) is 12.7. The SMILES string of the molecule is CC1CCC(C(=O)N(C)CC(=O)N2CCCC2)CC1N. The number of rotatable bonds is 3. The standard InChI is InChI=1S/C15H27N3O2/c1-11-5-6-12(9-13(11)16)15(20)17(2)10-14(19)18-7-3-4-8-18/h11-13H,3-10,16H2,1-2H3. The molecule has 2 fully saturated rings. The molecule has 0 bridgehead atoms. The van der Waals surface area contributed by atoms with Gasteiger partial charge in [0, 0.05) is 32.1 Å². The molecule has 1 saturated carbocycles. The number of hydrogen-bond donors (Lipinski definition) is 1. The van der Waals surface area contributed by atoms with Gasteiger partial charge in [-0.15, -0.1) is 0 Å². The molecule has 114 valence electrons. The van der Waals surface area contributed by atoms with Gasteiger partial charge < -0.3 is 15.5 Å². The summed E-state index contributed by atoms with van der Waals surface area (Å²) < 4.78 is 0. The Morgan fingerprint density at radius 1 is 1.25 bits per heavy atom. The third-order valence-electron chi connectivity index (χ3n) is 4.81.